The van der Waals surface area contributed by atoms with Crippen molar-refractivity contribution in [1.82, 2.24) is 15.4 Å². The molecule has 1 atom stereocenters. The molecule has 3 N–H and O–H groups in total. The van der Waals surface area contributed by atoms with Gasteiger partial charge in [-0.2, -0.15) is 0 Å². The second-order valence-electron chi connectivity index (χ2n) is 10.7. The van der Waals surface area contributed by atoms with E-state index in [1.54, 1.807) is 29.2 Å². The first kappa shape index (κ1) is 26.4. The van der Waals surface area contributed by atoms with Crippen LogP contribution in [0.2, 0.25) is 0 Å². The molecule has 4 aromatic rings. The van der Waals surface area contributed by atoms with Gasteiger partial charge in [0, 0.05) is 24.0 Å². The molecule has 1 saturated carbocycles. The normalized spacial score (nSPS) is 16.6. The summed E-state index contributed by atoms with van der Waals surface area (Å²) in [5.41, 5.74) is 9.56. The second kappa shape index (κ2) is 11.7. The fraction of sp³-hybridized carbons (Fsp3) is 0.242. The van der Waals surface area contributed by atoms with E-state index < -0.39 is 18.0 Å². The summed E-state index contributed by atoms with van der Waals surface area (Å²) in [5.74, 6) is -0.282. The summed E-state index contributed by atoms with van der Waals surface area (Å²) in [6.45, 7) is 0.509. The van der Waals surface area contributed by atoms with Gasteiger partial charge in [-0.1, -0.05) is 67.8 Å². The number of hydrazine groups is 1. The predicted molar refractivity (Wildman–Crippen MR) is 159 cm³/mol. The molecule has 1 aromatic heterocycles. The number of anilines is 2. The van der Waals surface area contributed by atoms with Crippen LogP contribution in [0.4, 0.5) is 16.2 Å². The van der Waals surface area contributed by atoms with E-state index in [4.69, 9.17) is 0 Å². The number of para-hydroxylation sites is 2. The lowest BCUT2D eigenvalue weighted by atomic mass is 9.84. The quantitative estimate of drug-likeness (QED) is 0.268. The minimum atomic E-state index is -1.02. The highest BCUT2D eigenvalue weighted by atomic mass is 16.2. The van der Waals surface area contributed by atoms with Crippen LogP contribution >= 0.6 is 0 Å². The Morgan fingerprint density at radius 3 is 2.24 bits per heavy atom. The van der Waals surface area contributed by atoms with E-state index in [0.717, 1.165) is 5.56 Å². The Bertz CT molecular complexity index is 1540. The number of benzene rings is 3. The smallest absolute Gasteiger partial charge is 0.337 e. The maximum absolute atomic E-state index is 14.3. The molecule has 0 radical (unpaired) electrons. The van der Waals surface area contributed by atoms with Gasteiger partial charge < -0.3 is 9.88 Å². The lowest BCUT2D eigenvalue weighted by Crippen LogP contribution is -2.51. The number of rotatable bonds is 4. The SMILES string of the molecule is O=C(NNC(=O)C1c2cccn2Cc2ccccc2N1C(=O)c1ccc(C2CCCCC2)cc1)Nc1ccccc1. The average molecular weight is 548 g/mol. The van der Waals surface area contributed by atoms with Crippen LogP contribution in [0, 0.1) is 0 Å². The maximum atomic E-state index is 14.3. The predicted octanol–water partition coefficient (Wildman–Crippen LogP) is 6.14. The average Bonchev–Trinajstić information content (AvgIpc) is 3.42. The highest BCUT2D eigenvalue weighted by molar-refractivity contribution is 6.10. The van der Waals surface area contributed by atoms with Gasteiger partial charge in [-0.3, -0.25) is 19.9 Å². The Hall–Kier alpha value is -4.85. The van der Waals surface area contributed by atoms with E-state index in [9.17, 15) is 14.4 Å². The Kier molecular flexibility index (Phi) is 7.54. The third-order valence-electron chi connectivity index (χ3n) is 8.03. The molecule has 41 heavy (non-hydrogen) atoms. The van der Waals surface area contributed by atoms with Gasteiger partial charge in [0.1, 0.15) is 0 Å². The van der Waals surface area contributed by atoms with Crippen molar-refractivity contribution in [3.05, 3.63) is 120 Å². The number of hydrogen-bond donors (Lipinski definition) is 3. The number of carbonyl (C=O) groups is 3. The van der Waals surface area contributed by atoms with Gasteiger partial charge >= 0.3 is 6.03 Å². The van der Waals surface area contributed by atoms with Gasteiger partial charge in [0.25, 0.3) is 11.8 Å². The number of urea groups is 1. The molecule has 1 fully saturated rings. The van der Waals surface area contributed by atoms with Crippen molar-refractivity contribution in [3.8, 4) is 0 Å². The van der Waals surface area contributed by atoms with E-state index in [-0.39, 0.29) is 5.91 Å². The topological polar surface area (TPSA) is 95.5 Å². The van der Waals surface area contributed by atoms with Crippen molar-refractivity contribution >= 4 is 29.2 Å². The van der Waals surface area contributed by atoms with Crippen molar-refractivity contribution in [2.75, 3.05) is 10.2 Å². The zero-order valence-electron chi connectivity index (χ0n) is 22.8. The van der Waals surface area contributed by atoms with E-state index in [2.05, 4.69) is 28.3 Å². The Morgan fingerprint density at radius 1 is 0.732 bits per heavy atom. The summed E-state index contributed by atoms with van der Waals surface area (Å²) in [6, 6.07) is 26.5. The zero-order chi connectivity index (χ0) is 28.2. The number of nitrogens with zero attached hydrogens (tertiary/aromatic N) is 2. The molecule has 1 aliphatic carbocycles. The van der Waals surface area contributed by atoms with Crippen LogP contribution in [-0.2, 0) is 11.3 Å². The Morgan fingerprint density at radius 2 is 1.46 bits per heavy atom. The van der Waals surface area contributed by atoms with Crippen molar-refractivity contribution < 1.29 is 14.4 Å². The largest absolute Gasteiger partial charge is 0.345 e. The molecule has 8 heteroatoms. The number of amides is 4. The third-order valence-corrected chi connectivity index (χ3v) is 8.03. The van der Waals surface area contributed by atoms with Crippen LogP contribution in [0.15, 0.2) is 97.2 Å². The number of carbonyl (C=O) groups excluding carboxylic acids is 3. The molecule has 3 aromatic carbocycles. The molecule has 208 valence electrons. The lowest BCUT2D eigenvalue weighted by molar-refractivity contribution is -0.123. The number of fused-ring (bicyclic) bond motifs is 2. The molecular weight excluding hydrogens is 514 g/mol. The van der Waals surface area contributed by atoms with Crippen LogP contribution < -0.4 is 21.1 Å². The second-order valence-corrected chi connectivity index (χ2v) is 10.7. The summed E-state index contributed by atoms with van der Waals surface area (Å²) < 4.78 is 1.96. The van der Waals surface area contributed by atoms with E-state index in [0.29, 0.717) is 35.1 Å². The van der Waals surface area contributed by atoms with Gasteiger partial charge in [0.05, 0.1) is 11.4 Å². The molecule has 0 spiro atoms. The first-order valence-electron chi connectivity index (χ1n) is 14.2. The van der Waals surface area contributed by atoms with Crippen molar-refractivity contribution in [1.29, 1.82) is 0 Å². The number of aromatic nitrogens is 1. The molecule has 8 nitrogen and oxygen atoms in total. The molecule has 4 amide bonds. The van der Waals surface area contributed by atoms with E-state index >= 15 is 0 Å². The lowest BCUT2D eigenvalue weighted by Gasteiger charge is -2.31. The monoisotopic (exact) mass is 547 g/mol. The van der Waals surface area contributed by atoms with Crippen LogP contribution in [0.5, 0.6) is 0 Å². The van der Waals surface area contributed by atoms with E-state index in [1.807, 2.05) is 65.4 Å². The highest BCUT2D eigenvalue weighted by Crippen LogP contribution is 2.37. The molecule has 6 rings (SSSR count). The first-order chi connectivity index (χ1) is 20.1. The Labute approximate surface area is 239 Å². The van der Waals surface area contributed by atoms with Crippen LogP contribution in [-0.4, -0.2) is 22.4 Å². The van der Waals surface area contributed by atoms with Crippen molar-refractivity contribution in [2.45, 2.75) is 50.6 Å². The molecule has 1 aliphatic heterocycles. The zero-order valence-corrected chi connectivity index (χ0v) is 22.8. The van der Waals surface area contributed by atoms with Crippen molar-refractivity contribution in [2.24, 2.45) is 0 Å². The minimum Gasteiger partial charge on any atom is -0.345 e. The summed E-state index contributed by atoms with van der Waals surface area (Å²) >= 11 is 0. The molecule has 2 aliphatic rings. The van der Waals surface area contributed by atoms with Gasteiger partial charge in [-0.25, -0.2) is 10.2 Å². The molecule has 2 heterocycles. The standard InChI is InChI=1S/C33H33N5O3/c39-31(35-36-33(41)34-27-13-5-2-6-14-27)30-29-16-9-21-37(29)22-26-12-7-8-15-28(26)38(30)32(40)25-19-17-24(18-20-25)23-10-3-1-4-11-23/h2,5-9,12-21,23,30H,1,3-4,10-11,22H2,(H,35,39)(H2,34,36,41). The minimum absolute atomic E-state index is 0.281. The molecule has 0 bridgehead atoms. The van der Waals surface area contributed by atoms with Gasteiger partial charge in [0.2, 0.25) is 0 Å². The maximum Gasteiger partial charge on any atom is 0.337 e. The fourth-order valence-corrected chi connectivity index (χ4v) is 5.98. The molecule has 1 unspecified atom stereocenters. The van der Waals surface area contributed by atoms with Crippen LogP contribution in [0.1, 0.15) is 71.2 Å². The fourth-order valence-electron chi connectivity index (χ4n) is 5.98. The van der Waals surface area contributed by atoms with Gasteiger partial charge in [0.15, 0.2) is 6.04 Å². The Balaban J connectivity index is 1.30. The molecule has 0 saturated heterocycles. The summed E-state index contributed by atoms with van der Waals surface area (Å²) in [6.07, 6.45) is 8.02. The first-order valence-corrected chi connectivity index (χ1v) is 14.2. The van der Waals surface area contributed by atoms with Gasteiger partial charge in [-0.05, 0) is 72.4 Å². The van der Waals surface area contributed by atoms with Crippen molar-refractivity contribution in [3.63, 3.8) is 0 Å². The third kappa shape index (κ3) is 5.59. The van der Waals surface area contributed by atoms with E-state index in [1.165, 1.54) is 37.7 Å². The number of hydrogen-bond acceptors (Lipinski definition) is 3. The highest BCUT2D eigenvalue weighted by Gasteiger charge is 2.38. The van der Waals surface area contributed by atoms with Gasteiger partial charge in [-0.15, -0.1) is 0 Å². The number of nitrogens with one attached hydrogen (secondary N) is 3. The summed E-state index contributed by atoms with van der Waals surface area (Å²) in [5, 5.41) is 2.68. The van der Waals surface area contributed by atoms with Crippen LogP contribution in [0.3, 0.4) is 0 Å². The summed E-state index contributed by atoms with van der Waals surface area (Å²) in [4.78, 5) is 42.2. The van der Waals surface area contributed by atoms with Crippen LogP contribution in [0.25, 0.3) is 0 Å². The molecular formula is C33H33N5O3. The summed E-state index contributed by atoms with van der Waals surface area (Å²) in [7, 11) is 0.